The average molecular weight is 318 g/mol. The third kappa shape index (κ3) is 2.75. The molecule has 0 saturated carbocycles. The second kappa shape index (κ2) is 5.76. The van der Waals surface area contributed by atoms with Crippen molar-refractivity contribution in [2.45, 2.75) is 32.7 Å². The van der Waals surface area contributed by atoms with E-state index in [9.17, 15) is 4.79 Å². The molecular weight excluding hydrogens is 298 g/mol. The van der Waals surface area contributed by atoms with Gasteiger partial charge in [-0.05, 0) is 29.0 Å². The van der Waals surface area contributed by atoms with Crippen LogP contribution in [-0.4, -0.2) is 30.0 Å². The predicted molar refractivity (Wildman–Crippen MR) is 90.7 cm³/mol. The minimum absolute atomic E-state index is 0.0260. The number of nitrogens with zero attached hydrogens (tertiary/aromatic N) is 2. The molecule has 1 aliphatic rings. The molecule has 4 nitrogen and oxygen atoms in total. The molecule has 1 aliphatic heterocycles. The quantitative estimate of drug-likeness (QED) is 0.883. The molecule has 0 radical (unpaired) electrons. The van der Waals surface area contributed by atoms with Crippen LogP contribution in [0.3, 0.4) is 0 Å². The van der Waals surface area contributed by atoms with Gasteiger partial charge in [-0.15, -0.1) is 0 Å². The molecule has 116 valence electrons. The van der Waals surface area contributed by atoms with Crippen LogP contribution in [0.4, 0.5) is 5.69 Å². The van der Waals surface area contributed by atoms with Crippen molar-refractivity contribution in [3.8, 4) is 0 Å². The van der Waals surface area contributed by atoms with E-state index in [-0.39, 0.29) is 11.9 Å². The minimum atomic E-state index is 0.0260. The summed E-state index contributed by atoms with van der Waals surface area (Å²) >= 11 is 6.08. The first-order chi connectivity index (χ1) is 10.5. The summed E-state index contributed by atoms with van der Waals surface area (Å²) in [6, 6.07) is 6.50. The Morgan fingerprint density at radius 2 is 2.09 bits per heavy atom. The number of halogens is 1. The summed E-state index contributed by atoms with van der Waals surface area (Å²) in [4.78, 5) is 17.6. The van der Waals surface area contributed by atoms with Crippen molar-refractivity contribution in [2.75, 3.05) is 18.0 Å². The van der Waals surface area contributed by atoms with Crippen LogP contribution < -0.4 is 10.2 Å². The first-order valence-electron chi connectivity index (χ1n) is 7.56. The molecule has 2 heterocycles. The van der Waals surface area contributed by atoms with Crippen molar-refractivity contribution < 1.29 is 4.79 Å². The normalized spacial score (nSPS) is 15.2. The Labute approximate surface area is 135 Å². The molecule has 1 fully saturated rings. The number of rotatable bonds is 3. The third-order valence-electron chi connectivity index (χ3n) is 4.13. The van der Waals surface area contributed by atoms with E-state index in [2.05, 4.69) is 41.2 Å². The van der Waals surface area contributed by atoms with Crippen LogP contribution in [0.25, 0.3) is 10.8 Å². The van der Waals surface area contributed by atoms with Gasteiger partial charge in [0.05, 0.1) is 6.04 Å². The Hall–Kier alpha value is -1.81. The van der Waals surface area contributed by atoms with Gasteiger partial charge in [0.2, 0.25) is 5.91 Å². The van der Waals surface area contributed by atoms with E-state index in [0.717, 1.165) is 29.5 Å². The monoisotopic (exact) mass is 317 g/mol. The van der Waals surface area contributed by atoms with Crippen LogP contribution in [0.2, 0.25) is 5.15 Å². The lowest BCUT2D eigenvalue weighted by Crippen LogP contribution is -2.59. The molecule has 0 atom stereocenters. The molecule has 1 N–H and O–H groups in total. The lowest BCUT2D eigenvalue weighted by atomic mass is 9.95. The summed E-state index contributed by atoms with van der Waals surface area (Å²) in [6.45, 7) is 7.58. The van der Waals surface area contributed by atoms with E-state index in [4.69, 9.17) is 11.6 Å². The molecule has 0 spiro atoms. The Kier molecular flexibility index (Phi) is 3.96. The van der Waals surface area contributed by atoms with Gasteiger partial charge >= 0.3 is 0 Å². The molecule has 5 heteroatoms. The summed E-state index contributed by atoms with van der Waals surface area (Å²) in [5.74, 6) is 0.455. The number of benzene rings is 1. The maximum atomic E-state index is 11.1. The highest BCUT2D eigenvalue weighted by atomic mass is 35.5. The van der Waals surface area contributed by atoms with Crippen molar-refractivity contribution >= 4 is 34.0 Å². The Morgan fingerprint density at radius 1 is 1.36 bits per heavy atom. The van der Waals surface area contributed by atoms with E-state index < -0.39 is 0 Å². The Bertz CT molecular complexity index is 723. The first kappa shape index (κ1) is 15.1. The minimum Gasteiger partial charge on any atom is -0.367 e. The van der Waals surface area contributed by atoms with Crippen LogP contribution in [0, 0.1) is 0 Å². The zero-order valence-electron chi connectivity index (χ0n) is 13.1. The number of hydrogen-bond donors (Lipinski definition) is 1. The summed E-state index contributed by atoms with van der Waals surface area (Å²) in [7, 11) is 0. The molecule has 0 aliphatic carbocycles. The molecule has 2 aromatic rings. The number of hydrogen-bond acceptors (Lipinski definition) is 3. The highest BCUT2D eigenvalue weighted by Gasteiger charge is 2.28. The van der Waals surface area contributed by atoms with Gasteiger partial charge in [0, 0.05) is 37.3 Å². The predicted octanol–water partition coefficient (Wildman–Crippen LogP) is 3.34. The van der Waals surface area contributed by atoms with Crippen molar-refractivity contribution in [3.63, 3.8) is 0 Å². The lowest BCUT2D eigenvalue weighted by molar-refractivity contribution is -0.119. The van der Waals surface area contributed by atoms with E-state index in [1.807, 2.05) is 12.3 Å². The average Bonchev–Trinajstić information content (AvgIpc) is 2.40. The highest BCUT2D eigenvalue weighted by Crippen LogP contribution is 2.35. The SMILES string of the molecule is CC(=O)NC1CN(c2ccc(C(C)C)c3cc(Cl)ncc23)C1. The fourth-order valence-corrected chi connectivity index (χ4v) is 3.21. The Morgan fingerprint density at radius 3 is 2.73 bits per heavy atom. The van der Waals surface area contributed by atoms with Gasteiger partial charge in [-0.3, -0.25) is 4.79 Å². The van der Waals surface area contributed by atoms with Crippen molar-refractivity contribution in [1.82, 2.24) is 10.3 Å². The van der Waals surface area contributed by atoms with Gasteiger partial charge in [-0.25, -0.2) is 4.98 Å². The molecular formula is C17H20ClN3O. The summed E-state index contributed by atoms with van der Waals surface area (Å²) in [5.41, 5.74) is 2.44. The number of carbonyl (C=O) groups is 1. The van der Waals surface area contributed by atoms with Crippen LogP contribution in [0.1, 0.15) is 32.3 Å². The van der Waals surface area contributed by atoms with Gasteiger partial charge in [0.15, 0.2) is 0 Å². The van der Waals surface area contributed by atoms with Crippen molar-refractivity contribution in [2.24, 2.45) is 0 Å². The number of pyridine rings is 1. The molecule has 0 bridgehead atoms. The molecule has 0 unspecified atom stereocenters. The molecule has 1 saturated heterocycles. The summed E-state index contributed by atoms with van der Waals surface area (Å²) in [5, 5.41) is 5.75. The number of fused-ring (bicyclic) bond motifs is 1. The number of nitrogens with one attached hydrogen (secondary N) is 1. The highest BCUT2D eigenvalue weighted by molar-refractivity contribution is 6.30. The maximum Gasteiger partial charge on any atom is 0.217 e. The first-order valence-corrected chi connectivity index (χ1v) is 7.93. The van der Waals surface area contributed by atoms with Crippen molar-refractivity contribution in [3.05, 3.63) is 35.1 Å². The van der Waals surface area contributed by atoms with Crippen LogP contribution in [-0.2, 0) is 4.79 Å². The molecule has 1 amide bonds. The molecule has 3 rings (SSSR count). The zero-order valence-corrected chi connectivity index (χ0v) is 13.8. The van der Waals surface area contributed by atoms with E-state index in [0.29, 0.717) is 11.1 Å². The molecule has 1 aromatic heterocycles. The van der Waals surface area contributed by atoms with Crippen LogP contribution >= 0.6 is 11.6 Å². The second-order valence-electron chi connectivity index (χ2n) is 6.18. The second-order valence-corrected chi connectivity index (χ2v) is 6.57. The fraction of sp³-hybridized carbons (Fsp3) is 0.412. The maximum absolute atomic E-state index is 11.1. The molecule has 1 aromatic carbocycles. The number of aromatic nitrogens is 1. The van der Waals surface area contributed by atoms with E-state index in [1.165, 1.54) is 5.56 Å². The lowest BCUT2D eigenvalue weighted by Gasteiger charge is -2.41. The number of carbonyl (C=O) groups excluding carboxylic acids is 1. The number of amides is 1. The topological polar surface area (TPSA) is 45.2 Å². The van der Waals surface area contributed by atoms with E-state index in [1.54, 1.807) is 6.92 Å². The van der Waals surface area contributed by atoms with Gasteiger partial charge in [0.25, 0.3) is 0 Å². The van der Waals surface area contributed by atoms with Gasteiger partial charge in [-0.1, -0.05) is 31.5 Å². The third-order valence-corrected chi connectivity index (χ3v) is 4.34. The van der Waals surface area contributed by atoms with Crippen molar-refractivity contribution in [1.29, 1.82) is 0 Å². The zero-order chi connectivity index (χ0) is 15.9. The fourth-order valence-electron chi connectivity index (χ4n) is 3.05. The van der Waals surface area contributed by atoms with Gasteiger partial charge < -0.3 is 10.2 Å². The summed E-state index contributed by atoms with van der Waals surface area (Å²) < 4.78 is 0. The standard InChI is InChI=1S/C17H20ClN3O/c1-10(2)13-4-5-16(15-7-19-17(18)6-14(13)15)21-8-12(9-21)20-11(3)22/h4-7,10,12H,8-9H2,1-3H3,(H,20,22). The largest absolute Gasteiger partial charge is 0.367 e. The Balaban J connectivity index is 1.95. The van der Waals surface area contributed by atoms with Crippen LogP contribution in [0.15, 0.2) is 24.4 Å². The number of anilines is 1. The van der Waals surface area contributed by atoms with Crippen LogP contribution in [0.5, 0.6) is 0 Å². The van der Waals surface area contributed by atoms with E-state index >= 15 is 0 Å². The summed E-state index contributed by atoms with van der Waals surface area (Å²) in [6.07, 6.45) is 1.85. The molecule has 22 heavy (non-hydrogen) atoms. The van der Waals surface area contributed by atoms with Gasteiger partial charge in [-0.2, -0.15) is 0 Å². The van der Waals surface area contributed by atoms with Gasteiger partial charge in [0.1, 0.15) is 5.15 Å². The smallest absolute Gasteiger partial charge is 0.217 e.